The maximum Gasteiger partial charge on any atom is 0.156 e. The Bertz CT molecular complexity index is 354. The molecule has 1 nitrogen and oxygen atoms in total. The first kappa shape index (κ1) is 9.53. The van der Waals surface area contributed by atoms with Crippen molar-refractivity contribution >= 4 is 22.5 Å². The zero-order chi connectivity index (χ0) is 9.80. The Morgan fingerprint density at radius 3 is 2.71 bits per heavy atom. The second-order valence-corrected chi connectivity index (χ2v) is 4.43. The number of hydrogen-bond acceptors (Lipinski definition) is 2. The normalized spacial score (nSPS) is 17.4. The number of thioether (sulfide) groups is 1. The molecule has 1 aliphatic heterocycles. The molecule has 0 aromatic heterocycles. The molecule has 0 bridgehead atoms. The number of rotatable bonds is 1. The summed E-state index contributed by atoms with van der Waals surface area (Å²) in [5.74, 6) is 1.31. The van der Waals surface area contributed by atoms with Crippen molar-refractivity contribution in [2.45, 2.75) is 12.8 Å². The molecule has 0 aliphatic carbocycles. The van der Waals surface area contributed by atoms with E-state index in [0.717, 1.165) is 22.6 Å². The molecule has 0 saturated carbocycles. The van der Waals surface area contributed by atoms with E-state index in [4.69, 9.17) is 0 Å². The van der Waals surface area contributed by atoms with Crippen LogP contribution in [0.2, 0.25) is 0 Å². The lowest BCUT2D eigenvalue weighted by Gasteiger charge is -2.03. The zero-order valence-electron chi connectivity index (χ0n) is 7.90. The Balaban J connectivity index is 2.28. The standard InChI is InChI=1S/C12H12OS/c13-11-7-4-8-14-12(9-11)10-5-2-1-3-6-10/h1-3,5-6,9H,4,7-8H2. The summed E-state index contributed by atoms with van der Waals surface area (Å²) in [6, 6.07) is 10.1. The largest absolute Gasteiger partial charge is 0.295 e. The summed E-state index contributed by atoms with van der Waals surface area (Å²) in [5, 5.41) is 0. The van der Waals surface area contributed by atoms with Crippen LogP contribution in [-0.2, 0) is 4.79 Å². The summed E-state index contributed by atoms with van der Waals surface area (Å²) < 4.78 is 0. The van der Waals surface area contributed by atoms with E-state index >= 15 is 0 Å². The summed E-state index contributed by atoms with van der Waals surface area (Å²) in [6.45, 7) is 0. The van der Waals surface area contributed by atoms with Gasteiger partial charge in [-0.25, -0.2) is 0 Å². The third-order valence-electron chi connectivity index (χ3n) is 2.18. The third kappa shape index (κ3) is 2.26. The highest BCUT2D eigenvalue weighted by molar-refractivity contribution is 8.08. The van der Waals surface area contributed by atoms with Crippen LogP contribution in [0.1, 0.15) is 18.4 Å². The van der Waals surface area contributed by atoms with Gasteiger partial charge in [-0.3, -0.25) is 4.79 Å². The maximum absolute atomic E-state index is 11.4. The third-order valence-corrected chi connectivity index (χ3v) is 3.33. The van der Waals surface area contributed by atoms with Crippen molar-refractivity contribution in [3.8, 4) is 0 Å². The van der Waals surface area contributed by atoms with Crippen LogP contribution in [0.15, 0.2) is 36.4 Å². The maximum atomic E-state index is 11.4. The predicted octanol–water partition coefficient (Wildman–Crippen LogP) is 3.12. The Hall–Kier alpha value is -1.02. The fourth-order valence-corrected chi connectivity index (χ4v) is 2.48. The predicted molar refractivity (Wildman–Crippen MR) is 61.1 cm³/mol. The molecule has 0 N–H and O–H groups in total. The van der Waals surface area contributed by atoms with Gasteiger partial charge in [0, 0.05) is 11.3 Å². The minimum atomic E-state index is 0.258. The summed E-state index contributed by atoms with van der Waals surface area (Å²) >= 11 is 1.78. The highest BCUT2D eigenvalue weighted by Crippen LogP contribution is 2.30. The molecule has 1 aliphatic rings. The molecule has 0 radical (unpaired) electrons. The van der Waals surface area contributed by atoms with Crippen LogP contribution in [-0.4, -0.2) is 11.5 Å². The zero-order valence-corrected chi connectivity index (χ0v) is 8.72. The number of carbonyl (C=O) groups is 1. The van der Waals surface area contributed by atoms with E-state index in [2.05, 4.69) is 12.1 Å². The van der Waals surface area contributed by atoms with Crippen molar-refractivity contribution < 1.29 is 4.79 Å². The molecule has 1 heterocycles. The molecule has 0 spiro atoms. The molecule has 2 heteroatoms. The number of allylic oxidation sites excluding steroid dienone is 1. The number of carbonyl (C=O) groups excluding carboxylic acids is 1. The molecule has 0 fully saturated rings. The van der Waals surface area contributed by atoms with Gasteiger partial charge in [-0.2, -0.15) is 0 Å². The fraction of sp³-hybridized carbons (Fsp3) is 0.250. The van der Waals surface area contributed by atoms with Crippen molar-refractivity contribution in [2.75, 3.05) is 5.75 Å². The molecule has 72 valence electrons. The van der Waals surface area contributed by atoms with Gasteiger partial charge in [0.25, 0.3) is 0 Å². The summed E-state index contributed by atoms with van der Waals surface area (Å²) in [7, 11) is 0. The lowest BCUT2D eigenvalue weighted by molar-refractivity contribution is -0.114. The summed E-state index contributed by atoms with van der Waals surface area (Å²) in [5.41, 5.74) is 1.16. The quantitative estimate of drug-likeness (QED) is 0.699. The average molecular weight is 204 g/mol. The van der Waals surface area contributed by atoms with Crippen molar-refractivity contribution in [3.63, 3.8) is 0 Å². The molecule has 0 amide bonds. The summed E-state index contributed by atoms with van der Waals surface area (Å²) in [4.78, 5) is 12.5. The van der Waals surface area contributed by atoms with Crippen LogP contribution in [0.25, 0.3) is 4.91 Å². The van der Waals surface area contributed by atoms with E-state index in [0.29, 0.717) is 6.42 Å². The SMILES string of the molecule is O=C1C=C(c2ccccc2)SCCC1. The van der Waals surface area contributed by atoms with Gasteiger partial charge in [-0.15, -0.1) is 11.8 Å². The molecule has 2 rings (SSSR count). The first-order valence-electron chi connectivity index (χ1n) is 4.79. The second-order valence-electron chi connectivity index (χ2n) is 3.29. The minimum absolute atomic E-state index is 0.258. The first-order chi connectivity index (χ1) is 6.86. The lowest BCUT2D eigenvalue weighted by Crippen LogP contribution is -1.90. The van der Waals surface area contributed by atoms with Gasteiger partial charge >= 0.3 is 0 Å². The monoisotopic (exact) mass is 204 g/mol. The van der Waals surface area contributed by atoms with Crippen LogP contribution in [0.3, 0.4) is 0 Å². The van der Waals surface area contributed by atoms with Crippen LogP contribution in [0.5, 0.6) is 0 Å². The highest BCUT2D eigenvalue weighted by atomic mass is 32.2. The highest BCUT2D eigenvalue weighted by Gasteiger charge is 2.09. The molecule has 0 atom stereocenters. The van der Waals surface area contributed by atoms with Crippen LogP contribution >= 0.6 is 11.8 Å². The Morgan fingerprint density at radius 2 is 1.93 bits per heavy atom. The Kier molecular flexibility index (Phi) is 3.04. The van der Waals surface area contributed by atoms with Crippen molar-refractivity contribution in [3.05, 3.63) is 42.0 Å². The molecule has 0 saturated heterocycles. The van der Waals surface area contributed by atoms with E-state index < -0.39 is 0 Å². The number of ketones is 1. The smallest absolute Gasteiger partial charge is 0.156 e. The molecular formula is C12H12OS. The molecule has 14 heavy (non-hydrogen) atoms. The van der Waals surface area contributed by atoms with Crippen LogP contribution in [0.4, 0.5) is 0 Å². The molecule has 0 unspecified atom stereocenters. The van der Waals surface area contributed by atoms with Gasteiger partial charge in [0.1, 0.15) is 0 Å². The Labute approximate surface area is 88.2 Å². The first-order valence-corrected chi connectivity index (χ1v) is 5.77. The van der Waals surface area contributed by atoms with Gasteiger partial charge in [0.15, 0.2) is 5.78 Å². The van der Waals surface area contributed by atoms with Gasteiger partial charge in [-0.1, -0.05) is 30.3 Å². The summed E-state index contributed by atoms with van der Waals surface area (Å²) in [6.07, 6.45) is 3.48. The van der Waals surface area contributed by atoms with Crippen molar-refractivity contribution in [2.24, 2.45) is 0 Å². The molecule has 1 aromatic carbocycles. The minimum Gasteiger partial charge on any atom is -0.295 e. The van der Waals surface area contributed by atoms with Gasteiger partial charge in [-0.05, 0) is 23.8 Å². The van der Waals surface area contributed by atoms with Gasteiger partial charge in [0.2, 0.25) is 0 Å². The second kappa shape index (κ2) is 4.47. The molecular weight excluding hydrogens is 192 g/mol. The van der Waals surface area contributed by atoms with Crippen molar-refractivity contribution in [1.29, 1.82) is 0 Å². The van der Waals surface area contributed by atoms with E-state index in [1.165, 1.54) is 0 Å². The van der Waals surface area contributed by atoms with E-state index in [-0.39, 0.29) is 5.78 Å². The topological polar surface area (TPSA) is 17.1 Å². The number of hydrogen-bond donors (Lipinski definition) is 0. The number of benzene rings is 1. The average Bonchev–Trinajstić information content (AvgIpc) is 2.44. The van der Waals surface area contributed by atoms with E-state index in [9.17, 15) is 4.79 Å². The van der Waals surface area contributed by atoms with E-state index in [1.807, 2.05) is 18.2 Å². The fourth-order valence-electron chi connectivity index (χ4n) is 1.46. The van der Waals surface area contributed by atoms with Crippen molar-refractivity contribution in [1.82, 2.24) is 0 Å². The van der Waals surface area contributed by atoms with Crippen LogP contribution in [0, 0.1) is 0 Å². The molecule has 1 aromatic rings. The van der Waals surface area contributed by atoms with Gasteiger partial charge in [0.05, 0.1) is 0 Å². The Morgan fingerprint density at radius 1 is 1.14 bits per heavy atom. The van der Waals surface area contributed by atoms with Crippen LogP contribution < -0.4 is 0 Å². The lowest BCUT2D eigenvalue weighted by atomic mass is 10.1. The van der Waals surface area contributed by atoms with E-state index in [1.54, 1.807) is 17.8 Å². The van der Waals surface area contributed by atoms with Gasteiger partial charge < -0.3 is 0 Å².